The Morgan fingerprint density at radius 2 is 2.11 bits per heavy atom. The summed E-state index contributed by atoms with van der Waals surface area (Å²) in [6.07, 6.45) is 0. The van der Waals surface area contributed by atoms with Crippen molar-refractivity contribution >= 4 is 32.0 Å². The van der Waals surface area contributed by atoms with Gasteiger partial charge in [-0.3, -0.25) is 4.72 Å². The van der Waals surface area contributed by atoms with Crippen LogP contribution in [0.4, 0.5) is 15.1 Å². The third-order valence-electron chi connectivity index (χ3n) is 2.29. The smallest absolute Gasteiger partial charge is 0.262 e. The Hall–Kier alpha value is -2.11. The average molecular weight is 297 g/mol. The molecule has 1 aromatic heterocycles. The van der Waals surface area contributed by atoms with Crippen molar-refractivity contribution in [3.63, 3.8) is 0 Å². The van der Waals surface area contributed by atoms with Crippen molar-refractivity contribution in [3.8, 4) is 6.07 Å². The van der Waals surface area contributed by atoms with Gasteiger partial charge in [0.1, 0.15) is 16.9 Å². The minimum Gasteiger partial charge on any atom is -0.396 e. The van der Waals surface area contributed by atoms with E-state index in [4.69, 9.17) is 11.0 Å². The topological polar surface area (TPSA) is 96.0 Å². The molecule has 19 heavy (non-hydrogen) atoms. The van der Waals surface area contributed by atoms with Gasteiger partial charge in [0.05, 0.1) is 16.1 Å². The first-order valence-electron chi connectivity index (χ1n) is 4.99. The van der Waals surface area contributed by atoms with E-state index in [1.54, 1.807) is 5.38 Å². The third-order valence-corrected chi connectivity index (χ3v) is 4.60. The predicted octanol–water partition coefficient (Wildman–Crippen LogP) is 2.14. The lowest BCUT2D eigenvalue weighted by Crippen LogP contribution is -2.13. The summed E-state index contributed by atoms with van der Waals surface area (Å²) in [4.78, 5) is -0.253. The molecule has 2 rings (SSSR count). The van der Waals surface area contributed by atoms with Gasteiger partial charge in [0.15, 0.2) is 0 Å². The van der Waals surface area contributed by atoms with E-state index in [0.29, 0.717) is 0 Å². The lowest BCUT2D eigenvalue weighted by atomic mass is 10.3. The van der Waals surface area contributed by atoms with E-state index in [0.717, 1.165) is 17.4 Å². The third kappa shape index (κ3) is 2.67. The lowest BCUT2D eigenvalue weighted by Gasteiger charge is -2.07. The highest BCUT2D eigenvalue weighted by molar-refractivity contribution is 7.93. The Balaban J connectivity index is 2.38. The summed E-state index contributed by atoms with van der Waals surface area (Å²) in [5, 5.41) is 10.6. The Kier molecular flexibility index (Phi) is 3.42. The molecule has 3 N–H and O–H groups in total. The van der Waals surface area contributed by atoms with Gasteiger partial charge in [-0.15, -0.1) is 11.3 Å². The van der Waals surface area contributed by atoms with E-state index < -0.39 is 15.8 Å². The number of nitrogen functional groups attached to an aromatic ring is 1. The summed E-state index contributed by atoms with van der Waals surface area (Å²) in [5.41, 5.74) is 5.36. The van der Waals surface area contributed by atoms with Crippen molar-refractivity contribution < 1.29 is 12.8 Å². The van der Waals surface area contributed by atoms with Crippen LogP contribution in [0.15, 0.2) is 34.5 Å². The highest BCUT2D eigenvalue weighted by atomic mass is 32.2. The Bertz CT molecular complexity index is 762. The SMILES string of the molecule is N#Cc1ccsc1NS(=O)(=O)c1ccc(N)c(F)c1. The second-order valence-electron chi connectivity index (χ2n) is 3.56. The zero-order chi connectivity index (χ0) is 14.0. The molecule has 0 aliphatic rings. The lowest BCUT2D eigenvalue weighted by molar-refractivity contribution is 0.596. The molecular weight excluding hydrogens is 289 g/mol. The molecular formula is C11H8FN3O2S2. The maximum Gasteiger partial charge on any atom is 0.262 e. The molecule has 5 nitrogen and oxygen atoms in total. The van der Waals surface area contributed by atoms with Gasteiger partial charge in [0.2, 0.25) is 0 Å². The van der Waals surface area contributed by atoms with Gasteiger partial charge < -0.3 is 5.73 Å². The minimum absolute atomic E-state index is 0.132. The number of benzene rings is 1. The fraction of sp³-hybridized carbons (Fsp3) is 0. The molecule has 8 heteroatoms. The van der Waals surface area contributed by atoms with E-state index in [-0.39, 0.29) is 21.1 Å². The van der Waals surface area contributed by atoms with Crippen LogP contribution in [0.3, 0.4) is 0 Å². The van der Waals surface area contributed by atoms with Gasteiger partial charge in [-0.25, -0.2) is 12.8 Å². The second kappa shape index (κ2) is 4.87. The number of anilines is 2. The molecule has 0 saturated heterocycles. The Morgan fingerprint density at radius 3 is 2.74 bits per heavy atom. The fourth-order valence-corrected chi connectivity index (χ4v) is 3.41. The first-order chi connectivity index (χ1) is 8.94. The van der Waals surface area contributed by atoms with Crippen molar-refractivity contribution in [1.29, 1.82) is 5.26 Å². The largest absolute Gasteiger partial charge is 0.396 e. The monoisotopic (exact) mass is 297 g/mol. The number of nitrogens with one attached hydrogen (secondary N) is 1. The van der Waals surface area contributed by atoms with E-state index in [1.165, 1.54) is 18.2 Å². The number of hydrogen-bond donors (Lipinski definition) is 2. The Morgan fingerprint density at radius 1 is 1.37 bits per heavy atom. The van der Waals surface area contributed by atoms with Crippen LogP contribution in [0.1, 0.15) is 5.56 Å². The van der Waals surface area contributed by atoms with Crippen molar-refractivity contribution in [2.45, 2.75) is 4.90 Å². The molecule has 0 atom stereocenters. The van der Waals surface area contributed by atoms with Crippen molar-refractivity contribution in [2.75, 3.05) is 10.5 Å². The number of thiophene rings is 1. The van der Waals surface area contributed by atoms with E-state index in [9.17, 15) is 12.8 Å². The molecule has 0 bridgehead atoms. The molecule has 2 aromatic rings. The quantitative estimate of drug-likeness (QED) is 0.848. The molecule has 0 fully saturated rings. The first kappa shape index (κ1) is 13.3. The molecule has 1 heterocycles. The van der Waals surface area contributed by atoms with E-state index in [2.05, 4.69) is 4.72 Å². The van der Waals surface area contributed by atoms with Gasteiger partial charge in [-0.1, -0.05) is 0 Å². The number of nitriles is 1. The van der Waals surface area contributed by atoms with Crippen LogP contribution in [0.2, 0.25) is 0 Å². The molecule has 0 amide bonds. The Labute approximate surface area is 113 Å². The van der Waals surface area contributed by atoms with Gasteiger partial charge in [0.25, 0.3) is 10.0 Å². The van der Waals surface area contributed by atoms with Crippen LogP contribution in [-0.4, -0.2) is 8.42 Å². The molecule has 98 valence electrons. The van der Waals surface area contributed by atoms with Crippen LogP contribution in [-0.2, 0) is 10.0 Å². The number of hydrogen-bond acceptors (Lipinski definition) is 5. The van der Waals surface area contributed by atoms with Gasteiger partial charge in [-0.05, 0) is 29.6 Å². The zero-order valence-electron chi connectivity index (χ0n) is 9.42. The average Bonchev–Trinajstić information content (AvgIpc) is 2.79. The summed E-state index contributed by atoms with van der Waals surface area (Å²) in [6, 6.07) is 6.55. The molecule has 0 spiro atoms. The highest BCUT2D eigenvalue weighted by Gasteiger charge is 2.18. The number of nitrogens with zero attached hydrogens (tertiary/aromatic N) is 1. The second-order valence-corrected chi connectivity index (χ2v) is 6.16. The molecule has 0 saturated carbocycles. The molecule has 1 aromatic carbocycles. The van der Waals surface area contributed by atoms with Crippen molar-refractivity contribution in [3.05, 3.63) is 41.0 Å². The summed E-state index contributed by atoms with van der Waals surface area (Å²) in [6.45, 7) is 0. The predicted molar refractivity (Wildman–Crippen MR) is 70.7 cm³/mol. The zero-order valence-corrected chi connectivity index (χ0v) is 11.1. The number of nitrogens with two attached hydrogens (primary N) is 1. The standard InChI is InChI=1S/C11H8FN3O2S2/c12-9-5-8(1-2-10(9)14)19(16,17)15-11-7(6-13)3-4-18-11/h1-5,15H,14H2. The highest BCUT2D eigenvalue weighted by Crippen LogP contribution is 2.26. The summed E-state index contributed by atoms with van der Waals surface area (Å²) >= 11 is 1.07. The number of sulfonamides is 1. The van der Waals surface area contributed by atoms with Gasteiger partial charge in [-0.2, -0.15) is 5.26 Å². The molecule has 0 radical (unpaired) electrons. The fourth-order valence-electron chi connectivity index (χ4n) is 1.33. The number of halogens is 1. The van der Waals surface area contributed by atoms with Crippen LogP contribution in [0, 0.1) is 17.1 Å². The van der Waals surface area contributed by atoms with Gasteiger partial charge in [0, 0.05) is 0 Å². The summed E-state index contributed by atoms with van der Waals surface area (Å²) in [5.74, 6) is -0.811. The maximum atomic E-state index is 13.3. The molecule has 0 aliphatic heterocycles. The van der Waals surface area contributed by atoms with E-state index in [1.807, 2.05) is 6.07 Å². The minimum atomic E-state index is -3.94. The number of rotatable bonds is 3. The summed E-state index contributed by atoms with van der Waals surface area (Å²) < 4.78 is 39.5. The summed E-state index contributed by atoms with van der Waals surface area (Å²) in [7, 11) is -3.94. The first-order valence-corrected chi connectivity index (χ1v) is 7.36. The van der Waals surface area contributed by atoms with Crippen molar-refractivity contribution in [1.82, 2.24) is 0 Å². The van der Waals surface area contributed by atoms with Crippen LogP contribution in [0.5, 0.6) is 0 Å². The van der Waals surface area contributed by atoms with Crippen LogP contribution < -0.4 is 10.5 Å². The normalized spacial score (nSPS) is 10.9. The molecule has 0 aliphatic carbocycles. The van der Waals surface area contributed by atoms with Gasteiger partial charge >= 0.3 is 0 Å². The van der Waals surface area contributed by atoms with Crippen LogP contribution in [0.25, 0.3) is 0 Å². The van der Waals surface area contributed by atoms with Crippen molar-refractivity contribution in [2.24, 2.45) is 0 Å². The van der Waals surface area contributed by atoms with E-state index >= 15 is 0 Å². The maximum absolute atomic E-state index is 13.3. The van der Waals surface area contributed by atoms with Crippen LogP contribution >= 0.6 is 11.3 Å². The molecule has 0 unspecified atom stereocenters.